The smallest absolute Gasteiger partial charge is 0.0880 e. The van der Waals surface area contributed by atoms with E-state index in [4.69, 9.17) is 4.98 Å². The lowest BCUT2D eigenvalue weighted by atomic mass is 9.81. The predicted octanol–water partition coefficient (Wildman–Crippen LogP) is 12.4. The summed E-state index contributed by atoms with van der Waals surface area (Å²) in [4.78, 5) is 4.97. The van der Waals surface area contributed by atoms with Gasteiger partial charge in [0.25, 0.3) is 0 Å². The summed E-state index contributed by atoms with van der Waals surface area (Å²) in [5, 5.41) is 5.23. The van der Waals surface area contributed by atoms with E-state index in [-0.39, 0.29) is 0 Å². The molecule has 4 aromatic carbocycles. The number of hydrogen-bond acceptors (Lipinski definition) is 2. The zero-order valence-electron chi connectivity index (χ0n) is 25.7. The highest BCUT2D eigenvalue weighted by Crippen LogP contribution is 2.44. The molecule has 0 spiro atoms. The molecule has 2 aromatic heterocycles. The van der Waals surface area contributed by atoms with Crippen LogP contribution in [0.2, 0.25) is 0 Å². The van der Waals surface area contributed by atoms with Crippen LogP contribution >= 0.6 is 11.3 Å². The Morgan fingerprint density at radius 1 is 0.561 bits per heavy atom. The van der Waals surface area contributed by atoms with Crippen molar-refractivity contribution in [3.8, 4) is 22.4 Å². The monoisotopic (exact) mass is 555 g/mol. The first kappa shape index (κ1) is 27.7. The summed E-state index contributed by atoms with van der Waals surface area (Å²) in [7, 11) is 0. The number of hydrogen-bond donors (Lipinski definition) is 0. The van der Waals surface area contributed by atoms with Gasteiger partial charge in [-0.25, -0.2) is 0 Å². The molecule has 6 aromatic rings. The fraction of sp³-hybridized carbons (Fsp3) is 0.308. The minimum Gasteiger partial charge on any atom is -0.255 e. The molecule has 0 aliphatic rings. The van der Waals surface area contributed by atoms with Gasteiger partial charge in [0, 0.05) is 27.2 Å². The second-order valence-electron chi connectivity index (χ2n) is 12.8. The molecular formula is C39H41NS. The standard InChI is InChI=1S/C39H41NS/c1-22(2)28-18-34(24(5)6)37(35(19-28)25(7)8)27-13-14-31-32-15-16-40-38(39(32)41-36(31)21-27)29-17-26-11-9-10-12-30(26)33(20-29)23(3)4/h9-25H,1-8H3. The van der Waals surface area contributed by atoms with Crippen molar-refractivity contribution in [3.05, 3.63) is 101 Å². The molecule has 0 atom stereocenters. The quantitative estimate of drug-likeness (QED) is 0.199. The molecule has 208 valence electrons. The first-order chi connectivity index (χ1) is 19.6. The van der Waals surface area contributed by atoms with E-state index in [9.17, 15) is 0 Å². The first-order valence-electron chi connectivity index (χ1n) is 15.2. The van der Waals surface area contributed by atoms with Crippen LogP contribution in [-0.2, 0) is 0 Å². The van der Waals surface area contributed by atoms with Crippen LogP contribution in [0, 0.1) is 0 Å². The number of benzene rings is 4. The van der Waals surface area contributed by atoms with Crippen molar-refractivity contribution in [2.45, 2.75) is 79.1 Å². The maximum absolute atomic E-state index is 4.97. The molecule has 2 heteroatoms. The number of fused-ring (bicyclic) bond motifs is 4. The third-order valence-corrected chi connectivity index (χ3v) is 9.77. The summed E-state index contributed by atoms with van der Waals surface area (Å²) in [6.07, 6.45) is 1.99. The lowest BCUT2D eigenvalue weighted by Gasteiger charge is -2.23. The summed E-state index contributed by atoms with van der Waals surface area (Å²) < 4.78 is 2.60. The molecule has 0 unspecified atom stereocenters. The van der Waals surface area contributed by atoms with Gasteiger partial charge in [-0.3, -0.25) is 4.98 Å². The van der Waals surface area contributed by atoms with Gasteiger partial charge >= 0.3 is 0 Å². The van der Waals surface area contributed by atoms with Crippen LogP contribution in [0.25, 0.3) is 53.3 Å². The third kappa shape index (κ3) is 4.87. The Bertz CT molecular complexity index is 1870. The van der Waals surface area contributed by atoms with E-state index in [2.05, 4.69) is 128 Å². The van der Waals surface area contributed by atoms with Crippen molar-refractivity contribution in [1.29, 1.82) is 0 Å². The average molecular weight is 556 g/mol. The van der Waals surface area contributed by atoms with Crippen molar-refractivity contribution in [3.63, 3.8) is 0 Å². The molecule has 0 amide bonds. The van der Waals surface area contributed by atoms with Gasteiger partial charge in [-0.15, -0.1) is 11.3 Å². The molecule has 1 nitrogen and oxygen atoms in total. The van der Waals surface area contributed by atoms with E-state index < -0.39 is 0 Å². The second kappa shape index (κ2) is 10.7. The van der Waals surface area contributed by atoms with Crippen molar-refractivity contribution in [2.24, 2.45) is 0 Å². The zero-order valence-corrected chi connectivity index (χ0v) is 26.5. The van der Waals surface area contributed by atoms with Gasteiger partial charge in [0.1, 0.15) is 0 Å². The van der Waals surface area contributed by atoms with Gasteiger partial charge in [0.05, 0.1) is 10.4 Å². The van der Waals surface area contributed by atoms with Crippen molar-refractivity contribution >= 4 is 42.3 Å². The maximum Gasteiger partial charge on any atom is 0.0880 e. The minimum atomic E-state index is 0.441. The largest absolute Gasteiger partial charge is 0.255 e. The maximum atomic E-state index is 4.97. The van der Waals surface area contributed by atoms with Gasteiger partial charge < -0.3 is 0 Å². The van der Waals surface area contributed by atoms with E-state index >= 15 is 0 Å². The van der Waals surface area contributed by atoms with Gasteiger partial charge in [-0.1, -0.05) is 104 Å². The summed E-state index contributed by atoms with van der Waals surface area (Å²) in [6.45, 7) is 18.5. The zero-order chi connectivity index (χ0) is 29.0. The molecule has 2 heterocycles. The van der Waals surface area contributed by atoms with Crippen LogP contribution in [0.3, 0.4) is 0 Å². The molecule has 0 saturated carbocycles. The van der Waals surface area contributed by atoms with E-state index in [1.54, 1.807) is 0 Å². The molecule has 0 saturated heterocycles. The number of thiophene rings is 1. The number of nitrogens with zero attached hydrogens (tertiary/aromatic N) is 1. The Balaban J connectivity index is 1.57. The predicted molar refractivity (Wildman–Crippen MR) is 182 cm³/mol. The van der Waals surface area contributed by atoms with E-state index in [1.807, 2.05) is 17.5 Å². The lowest BCUT2D eigenvalue weighted by Crippen LogP contribution is -2.03. The molecule has 41 heavy (non-hydrogen) atoms. The lowest BCUT2D eigenvalue weighted by molar-refractivity contribution is 0.807. The highest BCUT2D eigenvalue weighted by Gasteiger charge is 2.20. The summed E-state index contributed by atoms with van der Waals surface area (Å²) in [5.41, 5.74) is 10.8. The van der Waals surface area contributed by atoms with Gasteiger partial charge in [-0.05, 0) is 92.1 Å². The molecule has 6 rings (SSSR count). The van der Waals surface area contributed by atoms with Gasteiger partial charge in [0.2, 0.25) is 0 Å². The van der Waals surface area contributed by atoms with Crippen LogP contribution in [0.15, 0.2) is 79.0 Å². The Kier molecular flexibility index (Phi) is 7.24. The van der Waals surface area contributed by atoms with Crippen molar-refractivity contribution in [2.75, 3.05) is 0 Å². The van der Waals surface area contributed by atoms with Gasteiger partial charge in [-0.2, -0.15) is 0 Å². The molecular weight excluding hydrogens is 515 g/mol. The van der Waals surface area contributed by atoms with E-state index in [0.29, 0.717) is 23.7 Å². The molecule has 0 aliphatic carbocycles. The number of aromatic nitrogens is 1. The van der Waals surface area contributed by atoms with Crippen molar-refractivity contribution < 1.29 is 0 Å². The van der Waals surface area contributed by atoms with Crippen LogP contribution < -0.4 is 0 Å². The highest BCUT2D eigenvalue weighted by atomic mass is 32.1. The van der Waals surface area contributed by atoms with Crippen LogP contribution in [0.5, 0.6) is 0 Å². The molecule has 0 fully saturated rings. The Labute approximate surface area is 249 Å². The Morgan fingerprint density at radius 3 is 1.90 bits per heavy atom. The molecule has 0 radical (unpaired) electrons. The summed E-state index contributed by atoms with van der Waals surface area (Å²) in [6, 6.07) is 27.7. The molecule has 0 aliphatic heterocycles. The minimum absolute atomic E-state index is 0.441. The van der Waals surface area contributed by atoms with Crippen LogP contribution in [0.4, 0.5) is 0 Å². The normalized spacial score (nSPS) is 12.3. The molecule has 0 bridgehead atoms. The Morgan fingerprint density at radius 2 is 1.24 bits per heavy atom. The topological polar surface area (TPSA) is 12.9 Å². The average Bonchev–Trinajstić information content (AvgIpc) is 3.33. The molecule has 0 N–H and O–H groups in total. The van der Waals surface area contributed by atoms with Crippen LogP contribution in [0.1, 0.15) is 101 Å². The Hall–Kier alpha value is -3.49. The fourth-order valence-electron chi connectivity index (χ4n) is 6.31. The summed E-state index contributed by atoms with van der Waals surface area (Å²) in [5.74, 6) is 1.87. The van der Waals surface area contributed by atoms with Crippen LogP contribution in [-0.4, -0.2) is 4.98 Å². The number of rotatable bonds is 6. The summed E-state index contributed by atoms with van der Waals surface area (Å²) >= 11 is 1.89. The highest BCUT2D eigenvalue weighted by molar-refractivity contribution is 7.26. The second-order valence-corrected chi connectivity index (χ2v) is 13.9. The van der Waals surface area contributed by atoms with E-state index in [0.717, 1.165) is 5.69 Å². The first-order valence-corrected chi connectivity index (χ1v) is 16.0. The van der Waals surface area contributed by atoms with Crippen molar-refractivity contribution in [1.82, 2.24) is 4.98 Å². The van der Waals surface area contributed by atoms with E-state index in [1.165, 1.54) is 69.9 Å². The number of pyridine rings is 1. The fourth-order valence-corrected chi connectivity index (χ4v) is 7.56. The van der Waals surface area contributed by atoms with Gasteiger partial charge in [0.15, 0.2) is 0 Å². The SMILES string of the molecule is CC(C)c1cc(C(C)C)c(-c2ccc3c(c2)sc2c(-c4cc(C(C)C)c5ccccc5c4)nccc23)c(C(C)C)c1. The third-order valence-electron chi connectivity index (χ3n) is 8.60.